The van der Waals surface area contributed by atoms with E-state index in [9.17, 15) is 14.4 Å². The lowest BCUT2D eigenvalue weighted by Crippen LogP contribution is -2.25. The average molecular weight is 432 g/mol. The standard InChI is InChI=1S/C20H18ClN3O4S/c1-11-4-6-14(7-5-11)19(27)28-17-9-8-15(10-16(17)21)18-24(13(3)26)23-20(29-18)22-12(2)25/h4-10,18H,1-3H3,(H,22,23,25)/t18-/m0/s1. The highest BCUT2D eigenvalue weighted by molar-refractivity contribution is 8.14. The molecule has 0 aliphatic carbocycles. The van der Waals surface area contributed by atoms with Gasteiger partial charge in [0, 0.05) is 13.8 Å². The van der Waals surface area contributed by atoms with Crippen molar-refractivity contribution >= 4 is 46.3 Å². The maximum Gasteiger partial charge on any atom is 0.343 e. The van der Waals surface area contributed by atoms with Gasteiger partial charge in [-0.3, -0.25) is 9.59 Å². The Morgan fingerprint density at radius 3 is 2.41 bits per heavy atom. The fourth-order valence-corrected chi connectivity index (χ4v) is 3.94. The summed E-state index contributed by atoms with van der Waals surface area (Å²) in [5, 5.41) is 8.03. The van der Waals surface area contributed by atoms with Crippen LogP contribution >= 0.6 is 23.4 Å². The molecule has 0 fully saturated rings. The number of hydrogen-bond donors (Lipinski definition) is 1. The number of nitrogens with one attached hydrogen (secondary N) is 1. The van der Waals surface area contributed by atoms with Gasteiger partial charge in [0.05, 0.1) is 10.6 Å². The topological polar surface area (TPSA) is 88.1 Å². The monoisotopic (exact) mass is 431 g/mol. The summed E-state index contributed by atoms with van der Waals surface area (Å²) in [5.74, 6) is -0.872. The van der Waals surface area contributed by atoms with Gasteiger partial charge >= 0.3 is 5.97 Å². The minimum Gasteiger partial charge on any atom is -0.421 e. The van der Waals surface area contributed by atoms with Crippen molar-refractivity contribution in [3.05, 3.63) is 64.2 Å². The Balaban J connectivity index is 1.78. The molecular formula is C20H18ClN3O4S. The summed E-state index contributed by atoms with van der Waals surface area (Å²) in [6, 6.07) is 11.9. The van der Waals surface area contributed by atoms with E-state index in [4.69, 9.17) is 16.3 Å². The van der Waals surface area contributed by atoms with E-state index in [0.29, 0.717) is 16.3 Å². The maximum atomic E-state index is 12.3. The highest BCUT2D eigenvalue weighted by atomic mass is 35.5. The van der Waals surface area contributed by atoms with Gasteiger partial charge in [0.15, 0.2) is 5.17 Å². The zero-order chi connectivity index (χ0) is 21.1. The number of hydrogen-bond acceptors (Lipinski definition) is 6. The summed E-state index contributed by atoms with van der Waals surface area (Å²) in [7, 11) is 0. The number of carbonyl (C=O) groups excluding carboxylic acids is 3. The Morgan fingerprint density at radius 2 is 1.83 bits per heavy atom. The zero-order valence-electron chi connectivity index (χ0n) is 15.9. The number of hydrazone groups is 1. The molecule has 150 valence electrons. The third kappa shape index (κ3) is 4.96. The molecule has 29 heavy (non-hydrogen) atoms. The molecule has 2 aromatic rings. The summed E-state index contributed by atoms with van der Waals surface area (Å²) in [4.78, 5) is 35.5. The quantitative estimate of drug-likeness (QED) is 0.588. The van der Waals surface area contributed by atoms with Gasteiger partial charge in [0.1, 0.15) is 11.1 Å². The van der Waals surface area contributed by atoms with Gasteiger partial charge in [-0.25, -0.2) is 9.80 Å². The van der Waals surface area contributed by atoms with Gasteiger partial charge in [0.2, 0.25) is 11.8 Å². The number of thioether (sulfide) groups is 1. The van der Waals surface area contributed by atoms with Gasteiger partial charge < -0.3 is 10.1 Å². The van der Waals surface area contributed by atoms with Crippen molar-refractivity contribution in [1.29, 1.82) is 0 Å². The van der Waals surface area contributed by atoms with Gasteiger partial charge in [-0.05, 0) is 36.8 Å². The van der Waals surface area contributed by atoms with Crippen LogP contribution in [0, 0.1) is 6.92 Å². The molecule has 0 unspecified atom stereocenters. The molecule has 0 bridgehead atoms. The lowest BCUT2D eigenvalue weighted by molar-refractivity contribution is -0.129. The molecule has 1 atom stereocenters. The number of ether oxygens (including phenoxy) is 1. The van der Waals surface area contributed by atoms with E-state index in [-0.39, 0.29) is 22.6 Å². The van der Waals surface area contributed by atoms with Gasteiger partial charge in [0.25, 0.3) is 0 Å². The van der Waals surface area contributed by atoms with Crippen LogP contribution in [0.5, 0.6) is 5.75 Å². The predicted octanol–water partition coefficient (Wildman–Crippen LogP) is 3.87. The second-order valence-corrected chi connectivity index (χ2v) is 7.84. The van der Waals surface area contributed by atoms with E-state index >= 15 is 0 Å². The van der Waals surface area contributed by atoms with Crippen molar-refractivity contribution in [2.24, 2.45) is 5.10 Å². The Bertz CT molecular complexity index is 1010. The molecule has 1 heterocycles. The van der Waals surface area contributed by atoms with E-state index in [1.54, 1.807) is 30.3 Å². The van der Waals surface area contributed by atoms with Crippen LogP contribution in [0.15, 0.2) is 47.6 Å². The van der Waals surface area contributed by atoms with Gasteiger partial charge in [-0.1, -0.05) is 47.1 Å². The fraction of sp³-hybridized carbons (Fsp3) is 0.200. The highest BCUT2D eigenvalue weighted by Gasteiger charge is 2.32. The van der Waals surface area contributed by atoms with Gasteiger partial charge in [-0.2, -0.15) is 0 Å². The predicted molar refractivity (Wildman–Crippen MR) is 112 cm³/mol. The lowest BCUT2D eigenvalue weighted by Gasteiger charge is -2.19. The Morgan fingerprint density at radius 1 is 1.14 bits per heavy atom. The smallest absolute Gasteiger partial charge is 0.343 e. The van der Waals surface area contributed by atoms with Crippen molar-refractivity contribution in [3.8, 4) is 5.75 Å². The largest absolute Gasteiger partial charge is 0.421 e. The van der Waals surface area contributed by atoms with E-state index in [1.807, 2.05) is 19.1 Å². The van der Waals surface area contributed by atoms with Crippen molar-refractivity contribution in [1.82, 2.24) is 10.3 Å². The van der Waals surface area contributed by atoms with E-state index < -0.39 is 11.3 Å². The molecule has 0 spiro atoms. The summed E-state index contributed by atoms with van der Waals surface area (Å²) < 4.78 is 5.39. The number of esters is 1. The lowest BCUT2D eigenvalue weighted by atomic mass is 10.1. The molecule has 0 aromatic heterocycles. The third-order valence-corrected chi connectivity index (χ3v) is 5.38. The number of benzene rings is 2. The number of rotatable bonds is 3. The first-order chi connectivity index (χ1) is 13.7. The fourth-order valence-electron chi connectivity index (χ4n) is 2.58. The Kier molecular flexibility index (Phi) is 6.24. The Hall–Kier alpha value is -2.84. The van der Waals surface area contributed by atoms with Crippen molar-refractivity contribution < 1.29 is 19.1 Å². The average Bonchev–Trinajstić information content (AvgIpc) is 3.07. The molecule has 0 radical (unpaired) electrons. The number of carbonyl (C=O) groups is 3. The molecule has 0 saturated carbocycles. The first-order valence-corrected chi connectivity index (χ1v) is 9.91. The van der Waals surface area contributed by atoms with Crippen LogP contribution in [-0.2, 0) is 9.59 Å². The number of nitrogens with zero attached hydrogens (tertiary/aromatic N) is 2. The van der Waals surface area contributed by atoms with Crippen LogP contribution in [0.3, 0.4) is 0 Å². The molecule has 7 nitrogen and oxygen atoms in total. The molecule has 3 rings (SSSR count). The van der Waals surface area contributed by atoms with Crippen LogP contribution in [-0.4, -0.2) is 28.0 Å². The van der Waals surface area contributed by atoms with E-state index in [0.717, 1.165) is 5.56 Å². The van der Waals surface area contributed by atoms with Crippen LogP contribution in [0.25, 0.3) is 0 Å². The molecule has 2 aromatic carbocycles. The van der Waals surface area contributed by atoms with E-state index in [2.05, 4.69) is 10.4 Å². The minimum absolute atomic E-state index is 0.210. The third-order valence-electron chi connectivity index (χ3n) is 3.98. The molecule has 1 aliphatic heterocycles. The molecule has 1 aliphatic rings. The highest BCUT2D eigenvalue weighted by Crippen LogP contribution is 2.41. The summed E-state index contributed by atoms with van der Waals surface area (Å²) >= 11 is 7.53. The van der Waals surface area contributed by atoms with Crippen LogP contribution in [0.2, 0.25) is 5.02 Å². The number of aryl methyl sites for hydroxylation is 1. The molecule has 9 heteroatoms. The van der Waals surface area contributed by atoms with Crippen LogP contribution in [0.1, 0.15) is 40.7 Å². The zero-order valence-corrected chi connectivity index (χ0v) is 17.5. The normalized spacial score (nSPS) is 15.7. The number of amides is 2. The second kappa shape index (κ2) is 8.67. The number of halogens is 1. The SMILES string of the molecule is CC(=O)NC1=NN(C(C)=O)[C@H](c2ccc(OC(=O)c3ccc(C)cc3)c(Cl)c2)S1. The van der Waals surface area contributed by atoms with E-state index in [1.165, 1.54) is 30.6 Å². The van der Waals surface area contributed by atoms with Crippen LogP contribution in [0.4, 0.5) is 0 Å². The van der Waals surface area contributed by atoms with Crippen LogP contribution < -0.4 is 10.1 Å². The van der Waals surface area contributed by atoms with Crippen molar-refractivity contribution in [2.75, 3.05) is 0 Å². The second-order valence-electron chi connectivity index (χ2n) is 6.37. The summed E-state index contributed by atoms with van der Waals surface area (Å²) in [6.45, 7) is 4.67. The molecule has 1 N–H and O–H groups in total. The summed E-state index contributed by atoms with van der Waals surface area (Å²) in [6.07, 6.45) is 0. The van der Waals surface area contributed by atoms with Gasteiger partial charge in [-0.15, -0.1) is 5.10 Å². The first kappa shape index (κ1) is 20.9. The van der Waals surface area contributed by atoms with Crippen molar-refractivity contribution in [2.45, 2.75) is 26.1 Å². The Labute approximate surface area is 177 Å². The molecule has 0 saturated heterocycles. The number of amidine groups is 1. The first-order valence-electron chi connectivity index (χ1n) is 8.65. The molecular weight excluding hydrogens is 414 g/mol. The summed E-state index contributed by atoms with van der Waals surface area (Å²) in [5.41, 5.74) is 2.13. The maximum absolute atomic E-state index is 12.3. The minimum atomic E-state index is -0.517. The van der Waals surface area contributed by atoms with Crippen molar-refractivity contribution in [3.63, 3.8) is 0 Å². The molecule has 2 amide bonds.